The number of rotatable bonds is 4. The van der Waals surface area contributed by atoms with Crippen LogP contribution in [0.2, 0.25) is 0 Å². The van der Waals surface area contributed by atoms with E-state index in [0.29, 0.717) is 11.3 Å². The highest BCUT2D eigenvalue weighted by atomic mass is 16.5. The zero-order valence-corrected chi connectivity index (χ0v) is 9.96. The Morgan fingerprint density at radius 2 is 2.19 bits per heavy atom. The maximum atomic E-state index is 11.4. The van der Waals surface area contributed by atoms with Gasteiger partial charge >= 0.3 is 5.97 Å². The molecule has 1 rings (SSSR count). The van der Waals surface area contributed by atoms with Crippen molar-refractivity contribution in [2.75, 3.05) is 24.7 Å². The van der Waals surface area contributed by atoms with Gasteiger partial charge in [0.2, 0.25) is 0 Å². The topological polar surface area (TPSA) is 64.3 Å². The molecule has 0 amide bonds. The van der Waals surface area contributed by atoms with E-state index in [1.807, 2.05) is 13.0 Å². The number of carbonyl (C=O) groups is 1. The normalized spacial score (nSPS) is 9.94. The number of benzene rings is 1. The molecule has 0 atom stereocenters. The van der Waals surface area contributed by atoms with Crippen molar-refractivity contribution >= 4 is 17.3 Å². The summed E-state index contributed by atoms with van der Waals surface area (Å²) in [6.45, 7) is 4.81. The molecule has 0 aliphatic heterocycles. The first-order valence-corrected chi connectivity index (χ1v) is 5.32. The molecule has 0 fully saturated rings. The summed E-state index contributed by atoms with van der Waals surface area (Å²) < 4.78 is 4.68. The quantitative estimate of drug-likeness (QED) is 0.605. The SMILES string of the molecule is CCCNc1cc(C)c(C(=O)OC)cc1N. The number of nitrogens with two attached hydrogens (primary N) is 1. The molecule has 0 heterocycles. The maximum Gasteiger partial charge on any atom is 0.338 e. The molecule has 0 unspecified atom stereocenters. The smallest absolute Gasteiger partial charge is 0.338 e. The fraction of sp³-hybridized carbons (Fsp3) is 0.417. The summed E-state index contributed by atoms with van der Waals surface area (Å²) >= 11 is 0. The molecular weight excluding hydrogens is 204 g/mol. The van der Waals surface area contributed by atoms with E-state index in [-0.39, 0.29) is 5.97 Å². The van der Waals surface area contributed by atoms with Gasteiger partial charge < -0.3 is 15.8 Å². The Balaban J connectivity index is 3.02. The lowest BCUT2D eigenvalue weighted by Crippen LogP contribution is -2.08. The average Bonchev–Trinajstić information content (AvgIpc) is 2.28. The van der Waals surface area contributed by atoms with Crippen molar-refractivity contribution in [1.29, 1.82) is 0 Å². The van der Waals surface area contributed by atoms with Gasteiger partial charge in [-0.15, -0.1) is 0 Å². The lowest BCUT2D eigenvalue weighted by Gasteiger charge is -2.12. The van der Waals surface area contributed by atoms with E-state index in [1.54, 1.807) is 6.07 Å². The van der Waals surface area contributed by atoms with Crippen LogP contribution in [0.1, 0.15) is 29.3 Å². The van der Waals surface area contributed by atoms with Crippen molar-refractivity contribution in [3.05, 3.63) is 23.3 Å². The van der Waals surface area contributed by atoms with Crippen LogP contribution in [0, 0.1) is 6.92 Å². The molecule has 0 radical (unpaired) electrons. The minimum Gasteiger partial charge on any atom is -0.465 e. The minimum absolute atomic E-state index is 0.355. The van der Waals surface area contributed by atoms with E-state index in [1.165, 1.54) is 7.11 Å². The van der Waals surface area contributed by atoms with E-state index in [2.05, 4.69) is 17.0 Å². The number of methoxy groups -OCH3 is 1. The van der Waals surface area contributed by atoms with Crippen LogP contribution in [0.15, 0.2) is 12.1 Å². The molecule has 0 saturated carbocycles. The van der Waals surface area contributed by atoms with E-state index < -0.39 is 0 Å². The van der Waals surface area contributed by atoms with Gasteiger partial charge in [-0.3, -0.25) is 0 Å². The molecule has 4 nitrogen and oxygen atoms in total. The number of nitrogen functional groups attached to an aromatic ring is 1. The second-order valence-corrected chi connectivity index (χ2v) is 3.67. The standard InChI is InChI=1S/C12H18N2O2/c1-4-5-14-11-6-8(2)9(7-10(11)13)12(15)16-3/h6-7,14H,4-5,13H2,1-3H3. The molecule has 1 aromatic rings. The number of aryl methyl sites for hydroxylation is 1. The highest BCUT2D eigenvalue weighted by molar-refractivity contribution is 5.93. The summed E-state index contributed by atoms with van der Waals surface area (Å²) in [6.07, 6.45) is 1.03. The zero-order valence-electron chi connectivity index (χ0n) is 9.96. The minimum atomic E-state index is -0.355. The first-order valence-electron chi connectivity index (χ1n) is 5.32. The molecule has 3 N–H and O–H groups in total. The molecule has 0 aliphatic rings. The number of carbonyl (C=O) groups excluding carboxylic acids is 1. The molecule has 0 aromatic heterocycles. The molecule has 4 heteroatoms. The van der Waals surface area contributed by atoms with Crippen molar-refractivity contribution in [1.82, 2.24) is 0 Å². The predicted octanol–water partition coefficient (Wildman–Crippen LogP) is 2.19. The van der Waals surface area contributed by atoms with Gasteiger partial charge in [0.05, 0.1) is 24.0 Å². The van der Waals surface area contributed by atoms with Crippen LogP contribution in [-0.4, -0.2) is 19.6 Å². The van der Waals surface area contributed by atoms with Crippen LogP contribution in [0.3, 0.4) is 0 Å². The average molecular weight is 222 g/mol. The third-order valence-electron chi connectivity index (χ3n) is 2.37. The van der Waals surface area contributed by atoms with Crippen LogP contribution in [-0.2, 0) is 4.74 Å². The fourth-order valence-corrected chi connectivity index (χ4v) is 1.47. The molecular formula is C12H18N2O2. The summed E-state index contributed by atoms with van der Waals surface area (Å²) in [7, 11) is 1.36. The Hall–Kier alpha value is -1.71. The Morgan fingerprint density at radius 3 is 2.75 bits per heavy atom. The molecule has 88 valence electrons. The number of hydrogen-bond donors (Lipinski definition) is 2. The predicted molar refractivity (Wildman–Crippen MR) is 65.7 cm³/mol. The second kappa shape index (κ2) is 5.39. The molecule has 0 spiro atoms. The van der Waals surface area contributed by atoms with Gasteiger partial charge in [0.25, 0.3) is 0 Å². The van der Waals surface area contributed by atoms with Crippen LogP contribution in [0.4, 0.5) is 11.4 Å². The third-order valence-corrected chi connectivity index (χ3v) is 2.37. The third kappa shape index (κ3) is 2.66. The van der Waals surface area contributed by atoms with E-state index in [9.17, 15) is 4.79 Å². The van der Waals surface area contributed by atoms with E-state index >= 15 is 0 Å². The fourth-order valence-electron chi connectivity index (χ4n) is 1.47. The van der Waals surface area contributed by atoms with Crippen molar-refractivity contribution in [3.63, 3.8) is 0 Å². The second-order valence-electron chi connectivity index (χ2n) is 3.67. The van der Waals surface area contributed by atoms with Crippen LogP contribution in [0.5, 0.6) is 0 Å². The van der Waals surface area contributed by atoms with Crippen LogP contribution >= 0.6 is 0 Å². The number of hydrogen-bond acceptors (Lipinski definition) is 4. The van der Waals surface area contributed by atoms with Gasteiger partial charge in [-0.2, -0.15) is 0 Å². The van der Waals surface area contributed by atoms with Gasteiger partial charge in [0, 0.05) is 6.54 Å². The zero-order chi connectivity index (χ0) is 12.1. The summed E-state index contributed by atoms with van der Waals surface area (Å²) in [5, 5.41) is 3.21. The number of ether oxygens (including phenoxy) is 1. The van der Waals surface area contributed by atoms with E-state index in [4.69, 9.17) is 5.73 Å². The molecule has 0 aliphatic carbocycles. The Bertz CT molecular complexity index is 389. The molecule has 1 aromatic carbocycles. The molecule has 0 bridgehead atoms. The van der Waals surface area contributed by atoms with Crippen LogP contribution < -0.4 is 11.1 Å². The molecule has 0 saturated heterocycles. The maximum absolute atomic E-state index is 11.4. The lowest BCUT2D eigenvalue weighted by atomic mass is 10.1. The lowest BCUT2D eigenvalue weighted by molar-refractivity contribution is 0.0600. The summed E-state index contributed by atoms with van der Waals surface area (Å²) in [6, 6.07) is 3.52. The number of anilines is 2. The summed E-state index contributed by atoms with van der Waals surface area (Å²) in [5.74, 6) is -0.355. The highest BCUT2D eigenvalue weighted by Gasteiger charge is 2.11. The van der Waals surface area contributed by atoms with Gasteiger partial charge in [-0.25, -0.2) is 4.79 Å². The van der Waals surface area contributed by atoms with Crippen molar-refractivity contribution < 1.29 is 9.53 Å². The Labute approximate surface area is 95.8 Å². The first kappa shape index (κ1) is 12.4. The Morgan fingerprint density at radius 1 is 1.50 bits per heavy atom. The first-order chi connectivity index (χ1) is 7.60. The number of esters is 1. The van der Waals surface area contributed by atoms with Crippen molar-refractivity contribution in [2.45, 2.75) is 20.3 Å². The van der Waals surface area contributed by atoms with Gasteiger partial charge in [-0.05, 0) is 31.0 Å². The van der Waals surface area contributed by atoms with Gasteiger partial charge in [-0.1, -0.05) is 6.92 Å². The largest absolute Gasteiger partial charge is 0.465 e. The summed E-state index contributed by atoms with van der Waals surface area (Å²) in [4.78, 5) is 11.4. The van der Waals surface area contributed by atoms with Crippen molar-refractivity contribution in [2.24, 2.45) is 0 Å². The van der Waals surface area contributed by atoms with Crippen LogP contribution in [0.25, 0.3) is 0 Å². The van der Waals surface area contributed by atoms with Gasteiger partial charge in [0.15, 0.2) is 0 Å². The molecule has 16 heavy (non-hydrogen) atoms. The van der Waals surface area contributed by atoms with E-state index in [0.717, 1.165) is 24.2 Å². The Kier molecular flexibility index (Phi) is 4.17. The highest BCUT2D eigenvalue weighted by Crippen LogP contribution is 2.23. The van der Waals surface area contributed by atoms with Crippen molar-refractivity contribution in [3.8, 4) is 0 Å². The summed E-state index contributed by atoms with van der Waals surface area (Å²) in [5.41, 5.74) is 8.67. The monoisotopic (exact) mass is 222 g/mol. The van der Waals surface area contributed by atoms with Gasteiger partial charge in [0.1, 0.15) is 0 Å². The number of nitrogens with one attached hydrogen (secondary N) is 1.